The van der Waals surface area contributed by atoms with Gasteiger partial charge in [-0.1, -0.05) is 26.7 Å². The molecule has 0 unspecified atom stereocenters. The summed E-state index contributed by atoms with van der Waals surface area (Å²) in [5, 5.41) is 0. The second kappa shape index (κ2) is 7.03. The van der Waals surface area contributed by atoms with Crippen LogP contribution in [0.3, 0.4) is 0 Å². The van der Waals surface area contributed by atoms with Crippen LogP contribution in [0.15, 0.2) is 0 Å². The van der Waals surface area contributed by atoms with Crippen molar-refractivity contribution in [2.24, 2.45) is 11.8 Å². The Bertz CT molecular complexity index is 445. The first-order chi connectivity index (χ1) is 10.4. The highest BCUT2D eigenvalue weighted by Gasteiger charge is 2.35. The quantitative estimate of drug-likeness (QED) is 0.525. The van der Waals surface area contributed by atoms with Gasteiger partial charge in [0.05, 0.1) is 0 Å². The smallest absolute Gasteiger partial charge is 0.232 e. The third-order valence-electron chi connectivity index (χ3n) is 4.45. The van der Waals surface area contributed by atoms with E-state index < -0.39 is 0 Å². The van der Waals surface area contributed by atoms with E-state index in [-0.39, 0.29) is 35.5 Å². The van der Waals surface area contributed by atoms with Crippen LogP contribution in [0, 0.1) is 11.8 Å². The molecule has 0 radical (unpaired) electrons. The van der Waals surface area contributed by atoms with Crippen molar-refractivity contribution >= 4 is 23.6 Å². The van der Waals surface area contributed by atoms with Crippen molar-refractivity contribution in [3.05, 3.63) is 0 Å². The van der Waals surface area contributed by atoms with Gasteiger partial charge in [0.25, 0.3) is 0 Å². The van der Waals surface area contributed by atoms with Crippen LogP contribution >= 0.6 is 0 Å². The van der Waals surface area contributed by atoms with Gasteiger partial charge in [-0.3, -0.25) is 29.0 Å². The SMILES string of the molecule is C[C@@H]1CC(=O)N(CCCCCCN2C(=O)C[C@H](C)C2=O)C1=O. The van der Waals surface area contributed by atoms with Gasteiger partial charge in [-0.2, -0.15) is 0 Å². The molecule has 0 aromatic carbocycles. The van der Waals surface area contributed by atoms with E-state index in [1.165, 1.54) is 9.80 Å². The van der Waals surface area contributed by atoms with Crippen molar-refractivity contribution in [2.75, 3.05) is 13.1 Å². The summed E-state index contributed by atoms with van der Waals surface area (Å²) < 4.78 is 0. The topological polar surface area (TPSA) is 74.8 Å². The number of hydrogen-bond donors (Lipinski definition) is 0. The van der Waals surface area contributed by atoms with E-state index in [2.05, 4.69) is 0 Å². The van der Waals surface area contributed by atoms with E-state index in [9.17, 15) is 19.2 Å². The largest absolute Gasteiger partial charge is 0.282 e. The Kier molecular flexibility index (Phi) is 5.32. The molecule has 0 aromatic rings. The highest BCUT2D eigenvalue weighted by atomic mass is 16.2. The average molecular weight is 308 g/mol. The van der Waals surface area contributed by atoms with Crippen molar-refractivity contribution in [3.63, 3.8) is 0 Å². The predicted molar refractivity (Wildman–Crippen MR) is 79.5 cm³/mol. The molecule has 6 heteroatoms. The predicted octanol–water partition coefficient (Wildman–Crippen LogP) is 1.34. The number of nitrogens with zero attached hydrogens (tertiary/aromatic N) is 2. The molecule has 2 atom stereocenters. The Morgan fingerprint density at radius 1 is 0.727 bits per heavy atom. The van der Waals surface area contributed by atoms with Gasteiger partial charge in [-0.25, -0.2) is 0 Å². The van der Waals surface area contributed by atoms with Gasteiger partial charge < -0.3 is 0 Å². The number of carbonyl (C=O) groups is 4. The summed E-state index contributed by atoms with van der Waals surface area (Å²) in [4.78, 5) is 49.4. The Labute approximate surface area is 130 Å². The summed E-state index contributed by atoms with van der Waals surface area (Å²) in [7, 11) is 0. The Hall–Kier alpha value is -1.72. The van der Waals surface area contributed by atoms with Crippen molar-refractivity contribution in [1.29, 1.82) is 0 Å². The second-order valence-corrected chi connectivity index (χ2v) is 6.39. The molecule has 2 aliphatic rings. The number of likely N-dealkylation sites (tertiary alicyclic amines) is 2. The average Bonchev–Trinajstić information content (AvgIpc) is 2.84. The first-order valence-corrected chi connectivity index (χ1v) is 8.10. The van der Waals surface area contributed by atoms with Crippen LogP contribution in [0.1, 0.15) is 52.4 Å². The lowest BCUT2D eigenvalue weighted by molar-refractivity contribution is -0.141. The fourth-order valence-corrected chi connectivity index (χ4v) is 3.06. The number of hydrogen-bond acceptors (Lipinski definition) is 4. The van der Waals surface area contributed by atoms with Crippen LogP contribution in [0.2, 0.25) is 0 Å². The molecule has 6 nitrogen and oxygen atoms in total. The zero-order valence-electron chi connectivity index (χ0n) is 13.3. The minimum Gasteiger partial charge on any atom is -0.282 e. The van der Waals surface area contributed by atoms with E-state index in [0.29, 0.717) is 25.9 Å². The monoisotopic (exact) mass is 308 g/mol. The van der Waals surface area contributed by atoms with Crippen molar-refractivity contribution in [2.45, 2.75) is 52.4 Å². The summed E-state index contributed by atoms with van der Waals surface area (Å²) in [6.45, 7) is 4.54. The van der Waals surface area contributed by atoms with Gasteiger partial charge in [0, 0.05) is 37.8 Å². The zero-order chi connectivity index (χ0) is 16.3. The highest BCUT2D eigenvalue weighted by Crippen LogP contribution is 2.21. The molecule has 0 aromatic heterocycles. The van der Waals surface area contributed by atoms with Crippen LogP contribution in [-0.4, -0.2) is 46.5 Å². The van der Waals surface area contributed by atoms with Crippen molar-refractivity contribution in [1.82, 2.24) is 9.80 Å². The maximum atomic E-state index is 11.7. The molecule has 22 heavy (non-hydrogen) atoms. The summed E-state index contributed by atoms with van der Waals surface area (Å²) in [5.74, 6) is -0.623. The van der Waals surface area contributed by atoms with Gasteiger partial charge >= 0.3 is 0 Å². The Morgan fingerprint density at radius 2 is 1.09 bits per heavy atom. The third kappa shape index (κ3) is 3.54. The molecule has 2 saturated heterocycles. The minimum atomic E-state index is -0.179. The molecule has 2 rings (SSSR count). The molecule has 4 amide bonds. The molecule has 2 heterocycles. The van der Waals surface area contributed by atoms with Crippen molar-refractivity contribution < 1.29 is 19.2 Å². The van der Waals surface area contributed by atoms with Gasteiger partial charge in [0.15, 0.2) is 0 Å². The minimum absolute atomic E-state index is 0.0627. The van der Waals surface area contributed by atoms with E-state index >= 15 is 0 Å². The number of amides is 4. The first-order valence-electron chi connectivity index (χ1n) is 8.10. The Morgan fingerprint density at radius 3 is 1.36 bits per heavy atom. The molecule has 0 bridgehead atoms. The third-order valence-corrected chi connectivity index (χ3v) is 4.45. The Balaban J connectivity index is 1.60. The second-order valence-electron chi connectivity index (χ2n) is 6.39. The van der Waals surface area contributed by atoms with Crippen LogP contribution < -0.4 is 0 Å². The molecule has 0 aliphatic carbocycles. The fourth-order valence-electron chi connectivity index (χ4n) is 3.06. The van der Waals surface area contributed by atoms with E-state index in [0.717, 1.165) is 25.7 Å². The number of unbranched alkanes of at least 4 members (excludes halogenated alkanes) is 3. The summed E-state index contributed by atoms with van der Waals surface area (Å²) >= 11 is 0. The molecule has 122 valence electrons. The number of carbonyl (C=O) groups excluding carboxylic acids is 4. The van der Waals surface area contributed by atoms with Crippen molar-refractivity contribution in [3.8, 4) is 0 Å². The fraction of sp³-hybridized carbons (Fsp3) is 0.750. The molecular weight excluding hydrogens is 284 g/mol. The van der Waals surface area contributed by atoms with Crippen LogP contribution in [0.25, 0.3) is 0 Å². The van der Waals surface area contributed by atoms with Gasteiger partial charge in [0.1, 0.15) is 0 Å². The number of imide groups is 2. The van der Waals surface area contributed by atoms with Crippen LogP contribution in [-0.2, 0) is 19.2 Å². The van der Waals surface area contributed by atoms with Gasteiger partial charge in [-0.05, 0) is 12.8 Å². The summed E-state index contributed by atoms with van der Waals surface area (Å²) in [6.07, 6.45) is 3.99. The summed E-state index contributed by atoms with van der Waals surface area (Å²) in [5.41, 5.74) is 0. The summed E-state index contributed by atoms with van der Waals surface area (Å²) in [6, 6.07) is 0. The maximum absolute atomic E-state index is 11.7. The molecule has 0 N–H and O–H groups in total. The first kappa shape index (κ1) is 16.6. The highest BCUT2D eigenvalue weighted by molar-refractivity contribution is 6.03. The lowest BCUT2D eigenvalue weighted by Crippen LogP contribution is -2.31. The standard InChI is InChI=1S/C16H24N2O4/c1-11-9-13(19)17(15(11)21)7-5-3-4-6-8-18-14(20)10-12(2)16(18)22/h11-12H,3-10H2,1-2H3/t11-,12+. The maximum Gasteiger partial charge on any atom is 0.232 e. The molecule has 2 aliphatic heterocycles. The van der Waals surface area contributed by atoms with E-state index in [1.54, 1.807) is 13.8 Å². The van der Waals surface area contributed by atoms with Crippen LogP contribution in [0.4, 0.5) is 0 Å². The van der Waals surface area contributed by atoms with E-state index in [1.807, 2.05) is 0 Å². The molecule has 0 saturated carbocycles. The number of rotatable bonds is 7. The lowest BCUT2D eigenvalue weighted by atomic mass is 10.1. The molecular formula is C16H24N2O4. The normalized spacial score (nSPS) is 25.7. The molecule has 0 spiro atoms. The van der Waals surface area contributed by atoms with Gasteiger partial charge in [0.2, 0.25) is 23.6 Å². The van der Waals surface area contributed by atoms with Gasteiger partial charge in [-0.15, -0.1) is 0 Å². The zero-order valence-corrected chi connectivity index (χ0v) is 13.3. The lowest BCUT2D eigenvalue weighted by Gasteiger charge is -2.15. The van der Waals surface area contributed by atoms with E-state index in [4.69, 9.17) is 0 Å². The van der Waals surface area contributed by atoms with Crippen LogP contribution in [0.5, 0.6) is 0 Å². The molecule has 2 fully saturated rings.